The summed E-state index contributed by atoms with van der Waals surface area (Å²) < 4.78 is 46.1. The van der Waals surface area contributed by atoms with Gasteiger partial charge in [0.05, 0.1) is 29.3 Å². The van der Waals surface area contributed by atoms with E-state index in [1.807, 2.05) is 16.7 Å². The first kappa shape index (κ1) is 20.9. The molecule has 0 saturated heterocycles. The van der Waals surface area contributed by atoms with Crippen LogP contribution in [-0.2, 0) is 17.5 Å². The van der Waals surface area contributed by atoms with Gasteiger partial charge in [-0.25, -0.2) is 9.78 Å². The zero-order chi connectivity index (χ0) is 22.2. The fourth-order valence-corrected chi connectivity index (χ4v) is 3.46. The summed E-state index contributed by atoms with van der Waals surface area (Å²) in [5.41, 5.74) is 1.97. The summed E-state index contributed by atoms with van der Waals surface area (Å²) in [5.74, 6) is 0.0109. The van der Waals surface area contributed by atoms with Crippen LogP contribution in [0.25, 0.3) is 22.4 Å². The topological polar surface area (TPSA) is 44.1 Å². The number of benzene rings is 3. The third-order valence-corrected chi connectivity index (χ3v) is 5.15. The Morgan fingerprint density at radius 3 is 2.32 bits per heavy atom. The molecular weight excluding hydrogens is 429 g/mol. The molecule has 31 heavy (non-hydrogen) atoms. The fraction of sp³-hybridized carbons (Fsp3) is 0.130. The molecule has 0 spiro atoms. The van der Waals surface area contributed by atoms with Gasteiger partial charge < -0.3 is 9.30 Å². The number of hydrogen-bond donors (Lipinski definition) is 0. The van der Waals surface area contributed by atoms with E-state index in [1.54, 1.807) is 36.4 Å². The fourth-order valence-electron chi connectivity index (χ4n) is 3.33. The highest BCUT2D eigenvalue weighted by Gasteiger charge is 2.31. The highest BCUT2D eigenvalue weighted by Crippen LogP contribution is 2.33. The number of carbonyl (C=O) groups excluding carboxylic acids is 1. The smallest absolute Gasteiger partial charge is 0.416 e. The maximum absolute atomic E-state index is 13.2. The quantitative estimate of drug-likeness (QED) is 0.351. The Kier molecular flexibility index (Phi) is 5.45. The first-order valence-corrected chi connectivity index (χ1v) is 9.65. The molecule has 0 amide bonds. The highest BCUT2D eigenvalue weighted by molar-refractivity contribution is 6.30. The van der Waals surface area contributed by atoms with Gasteiger partial charge in [-0.2, -0.15) is 13.2 Å². The van der Waals surface area contributed by atoms with Crippen LogP contribution < -0.4 is 0 Å². The van der Waals surface area contributed by atoms with Gasteiger partial charge in [-0.3, -0.25) is 0 Å². The van der Waals surface area contributed by atoms with E-state index >= 15 is 0 Å². The first-order valence-electron chi connectivity index (χ1n) is 9.27. The van der Waals surface area contributed by atoms with Crippen LogP contribution in [0.15, 0.2) is 66.7 Å². The van der Waals surface area contributed by atoms with Crippen LogP contribution in [0.1, 0.15) is 21.5 Å². The molecule has 4 aromatic rings. The lowest BCUT2D eigenvalue weighted by Gasteiger charge is -2.11. The SMILES string of the molecule is COC(=O)c1ccc(-c2nc3cc(C(F)(F)F)ccc3n2Cc2ccc(Cl)cc2)cc1. The Morgan fingerprint density at radius 2 is 1.71 bits per heavy atom. The van der Waals surface area contributed by atoms with Crippen LogP contribution in [0.3, 0.4) is 0 Å². The number of rotatable bonds is 4. The van der Waals surface area contributed by atoms with Crippen LogP contribution in [0, 0.1) is 0 Å². The van der Waals surface area contributed by atoms with E-state index in [0.717, 1.165) is 17.7 Å². The molecule has 1 aromatic heterocycles. The van der Waals surface area contributed by atoms with Crippen molar-refractivity contribution in [1.82, 2.24) is 9.55 Å². The second-order valence-corrected chi connectivity index (χ2v) is 7.35. The van der Waals surface area contributed by atoms with Crippen molar-refractivity contribution in [3.63, 3.8) is 0 Å². The largest absolute Gasteiger partial charge is 0.465 e. The predicted molar refractivity (Wildman–Crippen MR) is 112 cm³/mol. The number of aromatic nitrogens is 2. The number of nitrogens with zero attached hydrogens (tertiary/aromatic N) is 2. The Labute approximate surface area is 180 Å². The molecule has 1 heterocycles. The second kappa shape index (κ2) is 8.07. The first-order chi connectivity index (χ1) is 14.8. The highest BCUT2D eigenvalue weighted by atomic mass is 35.5. The molecule has 8 heteroatoms. The zero-order valence-electron chi connectivity index (χ0n) is 16.3. The van der Waals surface area contributed by atoms with Crippen LogP contribution in [0.2, 0.25) is 5.02 Å². The van der Waals surface area contributed by atoms with Crippen LogP contribution >= 0.6 is 11.6 Å². The number of hydrogen-bond acceptors (Lipinski definition) is 3. The lowest BCUT2D eigenvalue weighted by atomic mass is 10.1. The van der Waals surface area contributed by atoms with Crippen molar-refractivity contribution >= 4 is 28.6 Å². The minimum absolute atomic E-state index is 0.232. The summed E-state index contributed by atoms with van der Waals surface area (Å²) in [6.45, 7) is 0.382. The molecule has 0 radical (unpaired) electrons. The molecule has 0 fully saturated rings. The third-order valence-electron chi connectivity index (χ3n) is 4.89. The molecule has 3 aromatic carbocycles. The van der Waals surface area contributed by atoms with Crippen molar-refractivity contribution in [3.05, 3.63) is 88.4 Å². The lowest BCUT2D eigenvalue weighted by Crippen LogP contribution is -2.05. The van der Waals surface area contributed by atoms with Crippen molar-refractivity contribution in [1.29, 1.82) is 0 Å². The van der Waals surface area contributed by atoms with E-state index in [0.29, 0.717) is 34.0 Å². The molecule has 0 atom stereocenters. The van der Waals surface area contributed by atoms with E-state index in [1.165, 1.54) is 13.2 Å². The Balaban J connectivity index is 1.85. The lowest BCUT2D eigenvalue weighted by molar-refractivity contribution is -0.137. The Morgan fingerprint density at radius 1 is 1.03 bits per heavy atom. The number of methoxy groups -OCH3 is 1. The molecule has 158 valence electrons. The molecule has 0 aliphatic rings. The average Bonchev–Trinajstić information content (AvgIpc) is 3.12. The number of imidazole rings is 1. The molecule has 0 aliphatic carbocycles. The minimum atomic E-state index is -4.46. The van der Waals surface area contributed by atoms with Gasteiger partial charge >= 0.3 is 12.1 Å². The van der Waals surface area contributed by atoms with Gasteiger partial charge in [-0.1, -0.05) is 35.9 Å². The molecule has 0 N–H and O–H groups in total. The molecule has 0 bridgehead atoms. The van der Waals surface area contributed by atoms with Gasteiger partial charge in [0.15, 0.2) is 0 Å². The maximum atomic E-state index is 13.2. The minimum Gasteiger partial charge on any atom is -0.465 e. The van der Waals surface area contributed by atoms with Gasteiger partial charge in [-0.15, -0.1) is 0 Å². The average molecular weight is 445 g/mol. The summed E-state index contributed by atoms with van der Waals surface area (Å²) in [4.78, 5) is 16.2. The van der Waals surface area contributed by atoms with Crippen molar-refractivity contribution < 1.29 is 22.7 Å². The molecule has 0 aliphatic heterocycles. The molecule has 4 nitrogen and oxygen atoms in total. The number of esters is 1. The van der Waals surface area contributed by atoms with Crippen LogP contribution in [-0.4, -0.2) is 22.6 Å². The molecular formula is C23H16ClF3N2O2. The Hall–Kier alpha value is -3.32. The number of halogens is 4. The number of alkyl halides is 3. The van der Waals surface area contributed by atoms with Gasteiger partial charge in [0.2, 0.25) is 0 Å². The second-order valence-electron chi connectivity index (χ2n) is 6.92. The van der Waals surface area contributed by atoms with Gasteiger partial charge in [0, 0.05) is 17.1 Å². The van der Waals surface area contributed by atoms with Gasteiger partial charge in [0.25, 0.3) is 0 Å². The number of carbonyl (C=O) groups is 1. The maximum Gasteiger partial charge on any atom is 0.416 e. The number of ether oxygens (including phenoxy) is 1. The Bertz CT molecular complexity index is 1250. The van der Waals surface area contributed by atoms with Gasteiger partial charge in [-0.05, 0) is 48.0 Å². The van der Waals surface area contributed by atoms with Crippen molar-refractivity contribution in [3.8, 4) is 11.4 Å². The summed E-state index contributed by atoms with van der Waals surface area (Å²) in [6.07, 6.45) is -4.46. The van der Waals surface area contributed by atoms with Crippen molar-refractivity contribution in [2.75, 3.05) is 7.11 Å². The van der Waals surface area contributed by atoms with E-state index < -0.39 is 17.7 Å². The zero-order valence-corrected chi connectivity index (χ0v) is 17.0. The normalized spacial score (nSPS) is 11.6. The standard InChI is InChI=1S/C23H16ClF3N2O2/c1-31-22(30)16-6-4-15(5-7-16)21-28-19-12-17(23(25,26)27)8-11-20(19)29(21)13-14-2-9-18(24)10-3-14/h2-12H,13H2,1H3. The molecule has 0 unspecified atom stereocenters. The van der Waals surface area contributed by atoms with E-state index in [-0.39, 0.29) is 5.52 Å². The summed E-state index contributed by atoms with van der Waals surface area (Å²) >= 11 is 5.96. The van der Waals surface area contributed by atoms with E-state index in [9.17, 15) is 18.0 Å². The van der Waals surface area contributed by atoms with Crippen molar-refractivity contribution in [2.45, 2.75) is 12.7 Å². The number of fused-ring (bicyclic) bond motifs is 1. The molecule has 4 rings (SSSR count). The van der Waals surface area contributed by atoms with E-state index in [2.05, 4.69) is 4.98 Å². The van der Waals surface area contributed by atoms with Crippen LogP contribution in [0.5, 0.6) is 0 Å². The molecule has 0 saturated carbocycles. The van der Waals surface area contributed by atoms with Gasteiger partial charge in [0.1, 0.15) is 5.82 Å². The van der Waals surface area contributed by atoms with E-state index in [4.69, 9.17) is 16.3 Å². The third kappa shape index (κ3) is 4.27. The van der Waals surface area contributed by atoms with Crippen LogP contribution in [0.4, 0.5) is 13.2 Å². The summed E-state index contributed by atoms with van der Waals surface area (Å²) in [5, 5.41) is 0.590. The summed E-state index contributed by atoms with van der Waals surface area (Å²) in [6, 6.07) is 17.3. The monoisotopic (exact) mass is 444 g/mol. The predicted octanol–water partition coefficient (Wildman–Crippen LogP) is 6.21. The van der Waals surface area contributed by atoms with Crippen molar-refractivity contribution in [2.24, 2.45) is 0 Å². The summed E-state index contributed by atoms with van der Waals surface area (Å²) in [7, 11) is 1.29.